The van der Waals surface area contributed by atoms with E-state index in [1.54, 1.807) is 13.2 Å². The molecule has 8 heteroatoms. The van der Waals surface area contributed by atoms with Gasteiger partial charge in [-0.3, -0.25) is 14.9 Å². The number of amides is 2. The first-order valence-electron chi connectivity index (χ1n) is 10.0. The first-order chi connectivity index (χ1) is 15.3. The normalized spacial score (nSPS) is 10.9. The highest BCUT2D eigenvalue weighted by molar-refractivity contribution is 7.14. The maximum atomic E-state index is 12.3. The average Bonchev–Trinajstić information content (AvgIpc) is 3.21. The number of hydrogen-bond acceptors (Lipinski definition) is 6. The van der Waals surface area contributed by atoms with Crippen molar-refractivity contribution in [2.45, 2.75) is 26.9 Å². The minimum atomic E-state index is -0.284. The Balaban J connectivity index is 1.62. The van der Waals surface area contributed by atoms with Crippen LogP contribution in [-0.4, -0.2) is 30.0 Å². The Morgan fingerprint density at radius 3 is 2.47 bits per heavy atom. The van der Waals surface area contributed by atoms with E-state index < -0.39 is 0 Å². The average molecular weight is 452 g/mol. The van der Waals surface area contributed by atoms with Crippen LogP contribution in [0.2, 0.25) is 0 Å². The molecule has 0 atom stereocenters. The third-order valence-electron chi connectivity index (χ3n) is 4.21. The van der Waals surface area contributed by atoms with Gasteiger partial charge in [0.15, 0.2) is 16.6 Å². The molecule has 32 heavy (non-hydrogen) atoms. The van der Waals surface area contributed by atoms with Crippen molar-refractivity contribution in [1.29, 1.82) is 0 Å². The van der Waals surface area contributed by atoms with Crippen LogP contribution < -0.4 is 20.1 Å². The van der Waals surface area contributed by atoms with Crippen molar-refractivity contribution in [1.82, 2.24) is 4.98 Å². The van der Waals surface area contributed by atoms with Crippen LogP contribution in [0.5, 0.6) is 11.5 Å². The summed E-state index contributed by atoms with van der Waals surface area (Å²) < 4.78 is 11.1. The quantitative estimate of drug-likeness (QED) is 0.459. The van der Waals surface area contributed by atoms with Crippen molar-refractivity contribution in [3.63, 3.8) is 0 Å². The zero-order chi connectivity index (χ0) is 23.1. The molecule has 0 saturated heterocycles. The fourth-order valence-electron chi connectivity index (χ4n) is 2.85. The van der Waals surface area contributed by atoms with E-state index >= 15 is 0 Å². The number of thiazole rings is 1. The van der Waals surface area contributed by atoms with Gasteiger partial charge in [-0.25, -0.2) is 4.98 Å². The summed E-state index contributed by atoms with van der Waals surface area (Å²) in [7, 11) is 1.58. The lowest BCUT2D eigenvalue weighted by Gasteiger charge is -2.13. The molecule has 0 bridgehead atoms. The molecule has 1 aromatic heterocycles. The standard InChI is InChI=1S/C24H25N3O4S/c1-15(2)31-21-11-5-17(13-22(21)30-4)6-12-23(29)27-24-26-20(14-32-24)18-7-9-19(10-8-18)25-16(3)28/h5-15H,1-4H3,(H,25,28)(H,26,27,29)/b12-6+. The van der Waals surface area contributed by atoms with Crippen LogP contribution >= 0.6 is 11.3 Å². The van der Waals surface area contributed by atoms with Crippen LogP contribution in [-0.2, 0) is 9.59 Å². The number of rotatable bonds is 8. The van der Waals surface area contributed by atoms with Gasteiger partial charge in [0.25, 0.3) is 0 Å². The van der Waals surface area contributed by atoms with Gasteiger partial charge in [-0.1, -0.05) is 18.2 Å². The highest BCUT2D eigenvalue weighted by Gasteiger charge is 2.09. The second kappa shape index (κ2) is 10.6. The van der Waals surface area contributed by atoms with Gasteiger partial charge in [0.05, 0.1) is 18.9 Å². The zero-order valence-corrected chi connectivity index (χ0v) is 19.2. The summed E-state index contributed by atoms with van der Waals surface area (Å²) in [6, 6.07) is 12.8. The van der Waals surface area contributed by atoms with E-state index in [9.17, 15) is 9.59 Å². The molecule has 2 amide bonds. The smallest absolute Gasteiger partial charge is 0.250 e. The summed E-state index contributed by atoms with van der Waals surface area (Å²) in [6.07, 6.45) is 3.18. The molecule has 0 aliphatic heterocycles. The van der Waals surface area contributed by atoms with E-state index in [1.165, 1.54) is 24.3 Å². The molecule has 7 nitrogen and oxygen atoms in total. The van der Waals surface area contributed by atoms with Gasteiger partial charge in [0.2, 0.25) is 11.8 Å². The molecule has 0 saturated carbocycles. The van der Waals surface area contributed by atoms with Crippen LogP contribution in [0.4, 0.5) is 10.8 Å². The Morgan fingerprint density at radius 2 is 1.81 bits per heavy atom. The monoisotopic (exact) mass is 451 g/mol. The minimum absolute atomic E-state index is 0.0365. The molecule has 0 fully saturated rings. The van der Waals surface area contributed by atoms with Gasteiger partial charge >= 0.3 is 0 Å². The lowest BCUT2D eigenvalue weighted by molar-refractivity contribution is -0.114. The van der Waals surface area contributed by atoms with Crippen LogP contribution in [0.1, 0.15) is 26.3 Å². The predicted molar refractivity (Wildman–Crippen MR) is 128 cm³/mol. The molecule has 0 radical (unpaired) electrons. The largest absolute Gasteiger partial charge is 0.493 e. The molecular formula is C24H25N3O4S. The SMILES string of the molecule is COc1cc(/C=C/C(=O)Nc2nc(-c3ccc(NC(C)=O)cc3)cs2)ccc1OC(C)C. The lowest BCUT2D eigenvalue weighted by atomic mass is 10.1. The third kappa shape index (κ3) is 6.42. The second-order valence-corrected chi connectivity index (χ2v) is 8.05. The summed E-state index contributed by atoms with van der Waals surface area (Å²) >= 11 is 1.34. The minimum Gasteiger partial charge on any atom is -0.493 e. The third-order valence-corrected chi connectivity index (χ3v) is 4.97. The maximum absolute atomic E-state index is 12.3. The van der Waals surface area contributed by atoms with Gasteiger partial charge < -0.3 is 14.8 Å². The summed E-state index contributed by atoms with van der Waals surface area (Å²) in [5.41, 5.74) is 3.17. The van der Waals surface area contributed by atoms with E-state index in [0.29, 0.717) is 16.6 Å². The Kier molecular flexibility index (Phi) is 7.62. The first kappa shape index (κ1) is 23.0. The van der Waals surface area contributed by atoms with Crippen molar-refractivity contribution < 1.29 is 19.1 Å². The number of benzene rings is 2. The van der Waals surface area contributed by atoms with Crippen molar-refractivity contribution in [2.75, 3.05) is 17.7 Å². The number of methoxy groups -OCH3 is 1. The Labute approximate surface area is 191 Å². The molecule has 2 N–H and O–H groups in total. The molecule has 3 rings (SSSR count). The topological polar surface area (TPSA) is 89.5 Å². The van der Waals surface area contributed by atoms with E-state index in [0.717, 1.165) is 22.5 Å². The first-order valence-corrected chi connectivity index (χ1v) is 10.9. The van der Waals surface area contributed by atoms with Crippen molar-refractivity contribution in [3.05, 3.63) is 59.5 Å². The number of aromatic nitrogens is 1. The second-order valence-electron chi connectivity index (χ2n) is 7.20. The number of nitrogens with one attached hydrogen (secondary N) is 2. The molecule has 1 heterocycles. The fraction of sp³-hybridized carbons (Fsp3) is 0.208. The highest BCUT2D eigenvalue weighted by atomic mass is 32.1. The van der Waals surface area contributed by atoms with Gasteiger partial charge in [-0.05, 0) is 49.8 Å². The molecule has 2 aromatic carbocycles. The van der Waals surface area contributed by atoms with E-state index in [1.807, 2.05) is 61.7 Å². The number of nitrogens with zero attached hydrogens (tertiary/aromatic N) is 1. The highest BCUT2D eigenvalue weighted by Crippen LogP contribution is 2.29. The zero-order valence-electron chi connectivity index (χ0n) is 18.3. The summed E-state index contributed by atoms with van der Waals surface area (Å²) in [5.74, 6) is 0.857. The number of carbonyl (C=O) groups is 2. The number of ether oxygens (including phenoxy) is 2. The van der Waals surface area contributed by atoms with Crippen LogP contribution in [0.3, 0.4) is 0 Å². The Bertz CT molecular complexity index is 1120. The number of carbonyl (C=O) groups excluding carboxylic acids is 2. The maximum Gasteiger partial charge on any atom is 0.250 e. The van der Waals surface area contributed by atoms with E-state index in [-0.39, 0.29) is 17.9 Å². The van der Waals surface area contributed by atoms with E-state index in [4.69, 9.17) is 9.47 Å². The predicted octanol–water partition coefficient (Wildman–Crippen LogP) is 5.22. The number of hydrogen-bond donors (Lipinski definition) is 2. The molecular weight excluding hydrogens is 426 g/mol. The van der Waals surface area contributed by atoms with Crippen LogP contribution in [0.25, 0.3) is 17.3 Å². The van der Waals surface area contributed by atoms with E-state index in [2.05, 4.69) is 15.6 Å². The molecule has 0 unspecified atom stereocenters. The van der Waals surface area contributed by atoms with Gasteiger partial charge in [0.1, 0.15) is 0 Å². The Hall–Kier alpha value is -3.65. The van der Waals surface area contributed by atoms with Crippen LogP contribution in [0.15, 0.2) is 53.9 Å². The summed E-state index contributed by atoms with van der Waals surface area (Å²) in [5, 5.41) is 7.86. The van der Waals surface area contributed by atoms with Gasteiger partial charge in [-0.2, -0.15) is 0 Å². The Morgan fingerprint density at radius 1 is 1.06 bits per heavy atom. The molecule has 166 valence electrons. The molecule has 0 aliphatic carbocycles. The lowest BCUT2D eigenvalue weighted by Crippen LogP contribution is -2.07. The van der Waals surface area contributed by atoms with Crippen molar-refractivity contribution >= 4 is 40.0 Å². The van der Waals surface area contributed by atoms with Crippen LogP contribution in [0, 0.1) is 0 Å². The molecule has 0 spiro atoms. The van der Waals surface area contributed by atoms with Crippen molar-refractivity contribution in [3.8, 4) is 22.8 Å². The van der Waals surface area contributed by atoms with Gasteiger partial charge in [-0.15, -0.1) is 11.3 Å². The molecule has 3 aromatic rings. The van der Waals surface area contributed by atoms with Gasteiger partial charge in [0, 0.05) is 29.6 Å². The van der Waals surface area contributed by atoms with Crippen molar-refractivity contribution in [2.24, 2.45) is 0 Å². The fourth-order valence-corrected chi connectivity index (χ4v) is 3.57. The summed E-state index contributed by atoms with van der Waals surface area (Å²) in [4.78, 5) is 27.9. The molecule has 0 aliphatic rings. The number of anilines is 2. The summed E-state index contributed by atoms with van der Waals surface area (Å²) in [6.45, 7) is 5.36.